The lowest BCUT2D eigenvalue weighted by molar-refractivity contribution is 0.101. The molecule has 5 heteroatoms. The number of benzene rings is 1. The summed E-state index contributed by atoms with van der Waals surface area (Å²) in [6.45, 7) is 1.46. The van der Waals surface area contributed by atoms with E-state index in [9.17, 15) is 4.79 Å². The molecule has 0 amide bonds. The average Bonchev–Trinajstić information content (AvgIpc) is 2.73. The van der Waals surface area contributed by atoms with Crippen LogP contribution in [0.25, 0.3) is 5.69 Å². The smallest absolute Gasteiger partial charge is 0.217 e. The Kier molecular flexibility index (Phi) is 3.15. The zero-order valence-corrected chi connectivity index (χ0v) is 10.2. The van der Waals surface area contributed by atoms with E-state index in [1.165, 1.54) is 14.0 Å². The summed E-state index contributed by atoms with van der Waals surface area (Å²) in [4.78, 5) is 11.3. The second kappa shape index (κ2) is 4.59. The molecule has 0 spiro atoms. The van der Waals surface area contributed by atoms with Gasteiger partial charge in [0.05, 0.1) is 12.8 Å². The highest BCUT2D eigenvalue weighted by molar-refractivity contribution is 6.30. The summed E-state index contributed by atoms with van der Waals surface area (Å²) in [5.41, 5.74) is 1.11. The summed E-state index contributed by atoms with van der Waals surface area (Å²) in [5, 5.41) is 4.78. The fourth-order valence-corrected chi connectivity index (χ4v) is 1.66. The number of hydrogen-bond donors (Lipinski definition) is 0. The van der Waals surface area contributed by atoms with Gasteiger partial charge in [0.1, 0.15) is 5.69 Å². The van der Waals surface area contributed by atoms with Gasteiger partial charge in [-0.3, -0.25) is 4.79 Å². The zero-order chi connectivity index (χ0) is 12.4. The van der Waals surface area contributed by atoms with Crippen LogP contribution in [-0.4, -0.2) is 22.7 Å². The third-order valence-corrected chi connectivity index (χ3v) is 2.53. The first kappa shape index (κ1) is 11.7. The van der Waals surface area contributed by atoms with Crippen molar-refractivity contribution in [2.24, 2.45) is 0 Å². The van der Waals surface area contributed by atoms with Crippen LogP contribution in [0.5, 0.6) is 5.88 Å². The molecule has 0 bridgehead atoms. The highest BCUT2D eigenvalue weighted by Crippen LogP contribution is 2.21. The van der Waals surface area contributed by atoms with Crippen LogP contribution in [0.2, 0.25) is 5.02 Å². The van der Waals surface area contributed by atoms with Gasteiger partial charge in [-0.05, 0) is 18.2 Å². The number of carbonyl (C=O) groups is 1. The van der Waals surface area contributed by atoms with Crippen molar-refractivity contribution in [3.8, 4) is 11.6 Å². The maximum Gasteiger partial charge on any atom is 0.217 e. The van der Waals surface area contributed by atoms with Crippen LogP contribution < -0.4 is 4.74 Å². The largest absolute Gasteiger partial charge is 0.481 e. The minimum absolute atomic E-state index is 0.107. The lowest BCUT2D eigenvalue weighted by Crippen LogP contribution is -2.01. The number of hydrogen-bond acceptors (Lipinski definition) is 3. The van der Waals surface area contributed by atoms with Crippen LogP contribution in [0.1, 0.15) is 17.4 Å². The van der Waals surface area contributed by atoms with Crippen molar-refractivity contribution in [3.05, 3.63) is 41.0 Å². The van der Waals surface area contributed by atoms with Gasteiger partial charge >= 0.3 is 0 Å². The Morgan fingerprint density at radius 3 is 2.76 bits per heavy atom. The van der Waals surface area contributed by atoms with Crippen molar-refractivity contribution < 1.29 is 9.53 Å². The third kappa shape index (κ3) is 2.31. The highest BCUT2D eigenvalue weighted by Gasteiger charge is 2.12. The molecular formula is C12H11ClN2O2. The van der Waals surface area contributed by atoms with E-state index < -0.39 is 0 Å². The number of methoxy groups -OCH3 is 1. The van der Waals surface area contributed by atoms with E-state index in [2.05, 4.69) is 5.10 Å². The Morgan fingerprint density at radius 1 is 1.41 bits per heavy atom. The summed E-state index contributed by atoms with van der Waals surface area (Å²) in [5.74, 6) is 0.390. The second-order valence-electron chi connectivity index (χ2n) is 3.52. The number of carbonyl (C=O) groups excluding carboxylic acids is 1. The SMILES string of the molecule is COc1cc(C(C)=O)nn1-c1cccc(Cl)c1. The van der Waals surface area contributed by atoms with E-state index in [-0.39, 0.29) is 5.78 Å². The minimum Gasteiger partial charge on any atom is -0.481 e. The Bertz CT molecular complexity index is 563. The van der Waals surface area contributed by atoms with Crippen molar-refractivity contribution >= 4 is 17.4 Å². The predicted molar refractivity (Wildman–Crippen MR) is 65.1 cm³/mol. The molecule has 88 valence electrons. The molecule has 0 fully saturated rings. The van der Waals surface area contributed by atoms with Gasteiger partial charge in [-0.2, -0.15) is 5.10 Å². The van der Waals surface area contributed by atoms with Gasteiger partial charge in [-0.1, -0.05) is 17.7 Å². The number of nitrogens with zero attached hydrogens (tertiary/aromatic N) is 2. The number of ketones is 1. The lowest BCUT2D eigenvalue weighted by Gasteiger charge is -2.05. The number of Topliss-reactive ketones (excluding diaryl/α,β-unsaturated/α-hetero) is 1. The van der Waals surface area contributed by atoms with Gasteiger partial charge in [0.15, 0.2) is 5.78 Å². The predicted octanol–water partition coefficient (Wildman–Crippen LogP) is 2.74. The van der Waals surface area contributed by atoms with Gasteiger partial charge in [0.2, 0.25) is 5.88 Å². The molecule has 1 aromatic heterocycles. The Balaban J connectivity index is 2.54. The quantitative estimate of drug-likeness (QED) is 0.787. The van der Waals surface area contributed by atoms with Crippen LogP contribution in [0, 0.1) is 0 Å². The summed E-state index contributed by atoms with van der Waals surface area (Å²) < 4.78 is 6.72. The second-order valence-corrected chi connectivity index (χ2v) is 3.96. The molecule has 0 N–H and O–H groups in total. The first-order valence-electron chi connectivity index (χ1n) is 5.03. The summed E-state index contributed by atoms with van der Waals surface area (Å²) in [7, 11) is 1.53. The molecule has 0 radical (unpaired) electrons. The zero-order valence-electron chi connectivity index (χ0n) is 9.48. The molecule has 0 saturated heterocycles. The molecule has 0 saturated carbocycles. The molecule has 0 aliphatic heterocycles. The van der Waals surface area contributed by atoms with Crippen molar-refractivity contribution in [1.82, 2.24) is 9.78 Å². The monoisotopic (exact) mass is 250 g/mol. The number of aromatic nitrogens is 2. The molecule has 1 aromatic carbocycles. The van der Waals surface area contributed by atoms with Crippen LogP contribution in [-0.2, 0) is 0 Å². The topological polar surface area (TPSA) is 44.1 Å². The van der Waals surface area contributed by atoms with Crippen LogP contribution >= 0.6 is 11.6 Å². The minimum atomic E-state index is -0.107. The van der Waals surface area contributed by atoms with Crippen molar-refractivity contribution in [1.29, 1.82) is 0 Å². The van der Waals surface area contributed by atoms with Gasteiger partial charge in [0.25, 0.3) is 0 Å². The number of halogens is 1. The molecule has 2 rings (SSSR count). The highest BCUT2D eigenvalue weighted by atomic mass is 35.5. The van der Waals surface area contributed by atoms with Crippen LogP contribution in [0.3, 0.4) is 0 Å². The molecule has 0 unspecified atom stereocenters. The number of ether oxygens (including phenoxy) is 1. The molecule has 0 aliphatic carbocycles. The first-order chi connectivity index (χ1) is 8.11. The Morgan fingerprint density at radius 2 is 2.18 bits per heavy atom. The molecular weight excluding hydrogens is 240 g/mol. The fourth-order valence-electron chi connectivity index (χ4n) is 1.47. The average molecular weight is 251 g/mol. The molecule has 0 atom stereocenters. The van der Waals surface area contributed by atoms with Crippen molar-refractivity contribution in [2.75, 3.05) is 7.11 Å². The maximum atomic E-state index is 11.3. The maximum absolute atomic E-state index is 11.3. The van der Waals surface area contributed by atoms with E-state index in [0.717, 1.165) is 5.69 Å². The standard InChI is InChI=1S/C12H11ClN2O2/c1-8(16)11-7-12(17-2)15(14-11)10-5-3-4-9(13)6-10/h3-7H,1-2H3. The summed E-state index contributed by atoms with van der Waals surface area (Å²) >= 11 is 5.91. The normalized spacial score (nSPS) is 10.3. The van der Waals surface area contributed by atoms with Gasteiger partial charge < -0.3 is 4.74 Å². The van der Waals surface area contributed by atoms with Gasteiger partial charge in [-0.15, -0.1) is 0 Å². The molecule has 4 nitrogen and oxygen atoms in total. The Labute approximate surface area is 104 Å². The molecule has 2 aromatic rings. The van der Waals surface area contributed by atoms with Gasteiger partial charge in [0, 0.05) is 18.0 Å². The van der Waals surface area contributed by atoms with Gasteiger partial charge in [-0.25, -0.2) is 4.68 Å². The van der Waals surface area contributed by atoms with Crippen LogP contribution in [0.15, 0.2) is 30.3 Å². The van der Waals surface area contributed by atoms with Crippen molar-refractivity contribution in [3.63, 3.8) is 0 Å². The fraction of sp³-hybridized carbons (Fsp3) is 0.167. The van der Waals surface area contributed by atoms with Crippen molar-refractivity contribution in [2.45, 2.75) is 6.92 Å². The summed E-state index contributed by atoms with van der Waals surface area (Å²) in [6, 6.07) is 8.77. The molecule has 0 aliphatic rings. The lowest BCUT2D eigenvalue weighted by atomic mass is 10.3. The Hall–Kier alpha value is -1.81. The van der Waals surface area contributed by atoms with E-state index >= 15 is 0 Å². The third-order valence-electron chi connectivity index (χ3n) is 2.30. The van der Waals surface area contributed by atoms with E-state index in [0.29, 0.717) is 16.6 Å². The molecule has 17 heavy (non-hydrogen) atoms. The first-order valence-corrected chi connectivity index (χ1v) is 5.40. The van der Waals surface area contributed by atoms with E-state index in [1.807, 2.05) is 12.1 Å². The number of rotatable bonds is 3. The van der Waals surface area contributed by atoms with E-state index in [4.69, 9.17) is 16.3 Å². The van der Waals surface area contributed by atoms with E-state index in [1.54, 1.807) is 22.9 Å². The summed E-state index contributed by atoms with van der Waals surface area (Å²) in [6.07, 6.45) is 0. The molecule has 1 heterocycles. The van der Waals surface area contributed by atoms with Crippen LogP contribution in [0.4, 0.5) is 0 Å².